The van der Waals surface area contributed by atoms with Gasteiger partial charge in [0.2, 0.25) is 5.91 Å². The Labute approximate surface area is 182 Å². The molecule has 1 aromatic rings. The van der Waals surface area contributed by atoms with Gasteiger partial charge in [-0.15, -0.1) is 0 Å². The molecule has 1 aromatic carbocycles. The molecule has 0 aromatic heterocycles. The molecule has 1 heterocycles. The molecule has 2 amide bonds. The molecule has 1 unspecified atom stereocenters. The van der Waals surface area contributed by atoms with Gasteiger partial charge in [0.25, 0.3) is 0 Å². The molecule has 31 heavy (non-hydrogen) atoms. The first-order chi connectivity index (χ1) is 14.6. The number of piperazine rings is 1. The van der Waals surface area contributed by atoms with Gasteiger partial charge in [-0.1, -0.05) is 30.3 Å². The van der Waals surface area contributed by atoms with E-state index in [4.69, 9.17) is 14.2 Å². The SMILES string of the molecule is CCOC(=O)CC1C(=O)N(CC(=O)OC(C)(C)C)CCN1C(=O)OCc1ccccc1. The van der Waals surface area contributed by atoms with Gasteiger partial charge in [-0.25, -0.2) is 4.79 Å². The zero-order valence-corrected chi connectivity index (χ0v) is 18.5. The van der Waals surface area contributed by atoms with Crippen LogP contribution in [-0.4, -0.2) is 71.6 Å². The van der Waals surface area contributed by atoms with Crippen LogP contribution in [0.25, 0.3) is 0 Å². The molecule has 0 bridgehead atoms. The van der Waals surface area contributed by atoms with Crippen molar-refractivity contribution in [3.8, 4) is 0 Å². The summed E-state index contributed by atoms with van der Waals surface area (Å²) in [5.74, 6) is -1.70. The predicted molar refractivity (Wildman–Crippen MR) is 111 cm³/mol. The largest absolute Gasteiger partial charge is 0.466 e. The van der Waals surface area contributed by atoms with Crippen LogP contribution < -0.4 is 0 Å². The van der Waals surface area contributed by atoms with Crippen molar-refractivity contribution in [2.24, 2.45) is 0 Å². The van der Waals surface area contributed by atoms with Gasteiger partial charge in [0.05, 0.1) is 13.0 Å². The molecular weight excluding hydrogens is 404 g/mol. The van der Waals surface area contributed by atoms with E-state index in [1.807, 2.05) is 30.3 Å². The molecule has 1 saturated heterocycles. The summed E-state index contributed by atoms with van der Waals surface area (Å²) in [6, 6.07) is 8.01. The lowest BCUT2D eigenvalue weighted by Gasteiger charge is -2.39. The molecule has 0 aliphatic carbocycles. The van der Waals surface area contributed by atoms with E-state index in [0.29, 0.717) is 0 Å². The normalized spacial score (nSPS) is 16.6. The van der Waals surface area contributed by atoms with Crippen LogP contribution in [0.2, 0.25) is 0 Å². The average Bonchev–Trinajstić information content (AvgIpc) is 2.69. The van der Waals surface area contributed by atoms with Gasteiger partial charge in [0.1, 0.15) is 24.8 Å². The number of carbonyl (C=O) groups excluding carboxylic acids is 4. The summed E-state index contributed by atoms with van der Waals surface area (Å²) in [5, 5.41) is 0. The monoisotopic (exact) mass is 434 g/mol. The highest BCUT2D eigenvalue weighted by molar-refractivity contribution is 5.92. The lowest BCUT2D eigenvalue weighted by atomic mass is 10.1. The molecule has 9 heteroatoms. The number of hydrogen-bond donors (Lipinski definition) is 0. The fourth-order valence-corrected chi connectivity index (χ4v) is 3.12. The van der Waals surface area contributed by atoms with Gasteiger partial charge < -0.3 is 19.1 Å². The van der Waals surface area contributed by atoms with E-state index >= 15 is 0 Å². The summed E-state index contributed by atoms with van der Waals surface area (Å²) >= 11 is 0. The first kappa shape index (κ1) is 24.2. The Hall–Kier alpha value is -3.10. The molecule has 1 aliphatic heterocycles. The maximum absolute atomic E-state index is 13.0. The second kappa shape index (κ2) is 10.8. The standard InChI is InChI=1S/C22H30N2O7/c1-5-29-18(25)13-17-20(27)23(14-19(26)31-22(2,3)4)11-12-24(17)21(28)30-15-16-9-7-6-8-10-16/h6-10,17H,5,11-15H2,1-4H3. The van der Waals surface area contributed by atoms with Gasteiger partial charge in [-0.05, 0) is 33.3 Å². The minimum Gasteiger partial charge on any atom is -0.466 e. The van der Waals surface area contributed by atoms with Crippen LogP contribution in [0.4, 0.5) is 4.79 Å². The summed E-state index contributed by atoms with van der Waals surface area (Å²) in [6.07, 6.45) is -1.03. The Kier molecular flexibility index (Phi) is 8.41. The lowest BCUT2D eigenvalue weighted by Crippen LogP contribution is -2.60. The van der Waals surface area contributed by atoms with Gasteiger partial charge in [0, 0.05) is 13.1 Å². The molecular formula is C22H30N2O7. The topological polar surface area (TPSA) is 102 Å². The zero-order chi connectivity index (χ0) is 23.0. The first-order valence-electron chi connectivity index (χ1n) is 10.2. The Morgan fingerprint density at radius 1 is 1.03 bits per heavy atom. The van der Waals surface area contributed by atoms with Gasteiger partial charge >= 0.3 is 18.0 Å². The van der Waals surface area contributed by atoms with E-state index in [0.717, 1.165) is 5.56 Å². The third-order valence-electron chi connectivity index (χ3n) is 4.43. The molecule has 170 valence electrons. The summed E-state index contributed by atoms with van der Waals surface area (Å²) < 4.78 is 15.6. The van der Waals surface area contributed by atoms with Crippen molar-refractivity contribution in [2.75, 3.05) is 26.2 Å². The van der Waals surface area contributed by atoms with E-state index in [2.05, 4.69) is 0 Å². The fourth-order valence-electron chi connectivity index (χ4n) is 3.12. The van der Waals surface area contributed by atoms with E-state index in [9.17, 15) is 19.2 Å². The minimum absolute atomic E-state index is 0.0398. The van der Waals surface area contributed by atoms with E-state index in [-0.39, 0.29) is 39.3 Å². The maximum Gasteiger partial charge on any atom is 0.410 e. The van der Waals surface area contributed by atoms with E-state index in [1.165, 1.54) is 9.80 Å². The van der Waals surface area contributed by atoms with Crippen LogP contribution in [-0.2, 0) is 35.2 Å². The molecule has 9 nitrogen and oxygen atoms in total. The minimum atomic E-state index is -1.11. The zero-order valence-electron chi connectivity index (χ0n) is 18.5. The Balaban J connectivity index is 2.08. The number of nitrogens with zero attached hydrogens (tertiary/aromatic N) is 2. The highest BCUT2D eigenvalue weighted by Gasteiger charge is 2.40. The highest BCUT2D eigenvalue weighted by Crippen LogP contribution is 2.18. The molecule has 0 spiro atoms. The van der Waals surface area contributed by atoms with Crippen molar-refractivity contribution in [1.82, 2.24) is 9.80 Å². The van der Waals surface area contributed by atoms with Gasteiger partial charge in [0.15, 0.2) is 0 Å². The first-order valence-corrected chi connectivity index (χ1v) is 10.2. The van der Waals surface area contributed by atoms with Crippen LogP contribution in [0.1, 0.15) is 39.7 Å². The summed E-state index contributed by atoms with van der Waals surface area (Å²) in [6.45, 7) is 7.02. The van der Waals surface area contributed by atoms with Crippen molar-refractivity contribution in [3.05, 3.63) is 35.9 Å². The van der Waals surface area contributed by atoms with Crippen LogP contribution in [0.5, 0.6) is 0 Å². The number of carbonyl (C=O) groups is 4. The van der Waals surface area contributed by atoms with Crippen molar-refractivity contribution < 1.29 is 33.4 Å². The van der Waals surface area contributed by atoms with Gasteiger partial charge in [-0.2, -0.15) is 0 Å². The lowest BCUT2D eigenvalue weighted by molar-refractivity contribution is -0.162. The third kappa shape index (κ3) is 7.58. The molecule has 1 fully saturated rings. The Morgan fingerprint density at radius 3 is 2.32 bits per heavy atom. The summed E-state index contributed by atoms with van der Waals surface area (Å²) in [5.41, 5.74) is 0.112. The summed E-state index contributed by atoms with van der Waals surface area (Å²) in [7, 11) is 0. The Bertz CT molecular complexity index is 789. The van der Waals surface area contributed by atoms with Crippen molar-refractivity contribution in [1.29, 1.82) is 0 Å². The van der Waals surface area contributed by atoms with Crippen LogP contribution in [0, 0.1) is 0 Å². The Morgan fingerprint density at radius 2 is 1.71 bits per heavy atom. The molecule has 0 radical (unpaired) electrons. The fraction of sp³-hybridized carbons (Fsp3) is 0.545. The smallest absolute Gasteiger partial charge is 0.410 e. The van der Waals surface area contributed by atoms with Gasteiger partial charge in [-0.3, -0.25) is 19.3 Å². The average molecular weight is 434 g/mol. The van der Waals surface area contributed by atoms with Crippen LogP contribution >= 0.6 is 0 Å². The molecule has 0 N–H and O–H groups in total. The number of rotatable bonds is 7. The second-order valence-corrected chi connectivity index (χ2v) is 8.10. The molecule has 1 atom stereocenters. The number of hydrogen-bond acceptors (Lipinski definition) is 7. The van der Waals surface area contributed by atoms with Crippen molar-refractivity contribution in [3.63, 3.8) is 0 Å². The van der Waals surface area contributed by atoms with E-state index < -0.39 is 35.6 Å². The maximum atomic E-state index is 13.0. The quantitative estimate of drug-likeness (QED) is 0.478. The third-order valence-corrected chi connectivity index (χ3v) is 4.43. The van der Waals surface area contributed by atoms with Crippen molar-refractivity contribution in [2.45, 2.75) is 52.4 Å². The number of ether oxygens (including phenoxy) is 3. The van der Waals surface area contributed by atoms with Crippen LogP contribution in [0.3, 0.4) is 0 Å². The molecule has 0 saturated carbocycles. The summed E-state index contributed by atoms with van der Waals surface area (Å²) in [4.78, 5) is 52.4. The predicted octanol–water partition coefficient (Wildman–Crippen LogP) is 2.13. The number of amides is 2. The second-order valence-electron chi connectivity index (χ2n) is 8.10. The number of esters is 2. The van der Waals surface area contributed by atoms with Crippen LogP contribution in [0.15, 0.2) is 30.3 Å². The molecule has 2 rings (SSSR count). The highest BCUT2D eigenvalue weighted by atomic mass is 16.6. The number of benzene rings is 1. The van der Waals surface area contributed by atoms with Crippen molar-refractivity contribution >= 4 is 23.9 Å². The molecule has 1 aliphatic rings. The van der Waals surface area contributed by atoms with E-state index in [1.54, 1.807) is 27.7 Å².